The van der Waals surface area contributed by atoms with Gasteiger partial charge in [-0.05, 0) is 52.1 Å². The molecule has 0 atom stereocenters. The summed E-state index contributed by atoms with van der Waals surface area (Å²) in [6, 6.07) is 4.21. The van der Waals surface area contributed by atoms with E-state index >= 15 is 0 Å². The first-order valence-corrected chi connectivity index (χ1v) is 6.41. The van der Waals surface area contributed by atoms with E-state index in [0.29, 0.717) is 0 Å². The molecule has 0 radical (unpaired) electrons. The van der Waals surface area contributed by atoms with E-state index in [1.807, 2.05) is 6.07 Å². The third-order valence-corrected chi connectivity index (χ3v) is 3.95. The lowest BCUT2D eigenvalue weighted by atomic mass is 10.1. The molecular formula is C10H8ClIS. The summed E-state index contributed by atoms with van der Waals surface area (Å²) in [6.45, 7) is 2.16. The van der Waals surface area contributed by atoms with Gasteiger partial charge in [-0.25, -0.2) is 0 Å². The standard InChI is InChI=1S/C10H8ClIS/c1-2-6-5-13-9-4-7(12)3-8(11)10(6)9/h3-5H,2H2,1H3. The number of thiophene rings is 1. The molecule has 68 valence electrons. The number of hydrogen-bond acceptors (Lipinski definition) is 1. The van der Waals surface area contributed by atoms with Crippen molar-refractivity contribution in [2.45, 2.75) is 13.3 Å². The van der Waals surface area contributed by atoms with Crippen molar-refractivity contribution >= 4 is 55.6 Å². The lowest BCUT2D eigenvalue weighted by Crippen LogP contribution is -1.78. The van der Waals surface area contributed by atoms with Crippen LogP contribution in [0.2, 0.25) is 5.02 Å². The van der Waals surface area contributed by atoms with E-state index in [0.717, 1.165) is 11.4 Å². The Labute approximate surface area is 100 Å². The highest BCUT2D eigenvalue weighted by atomic mass is 127. The van der Waals surface area contributed by atoms with Gasteiger partial charge in [0.15, 0.2) is 0 Å². The Morgan fingerprint density at radius 2 is 2.23 bits per heavy atom. The van der Waals surface area contributed by atoms with Crippen molar-refractivity contribution in [3.63, 3.8) is 0 Å². The fraction of sp³-hybridized carbons (Fsp3) is 0.200. The van der Waals surface area contributed by atoms with Crippen molar-refractivity contribution in [3.8, 4) is 0 Å². The van der Waals surface area contributed by atoms with Gasteiger partial charge in [0.2, 0.25) is 0 Å². The molecule has 0 bridgehead atoms. The Balaban J connectivity index is 2.82. The average molecular weight is 323 g/mol. The zero-order chi connectivity index (χ0) is 9.42. The lowest BCUT2D eigenvalue weighted by molar-refractivity contribution is 1.17. The smallest absolute Gasteiger partial charge is 0.0506 e. The number of benzene rings is 1. The number of aryl methyl sites for hydroxylation is 1. The zero-order valence-electron chi connectivity index (χ0n) is 7.10. The van der Waals surface area contributed by atoms with Crippen molar-refractivity contribution in [2.75, 3.05) is 0 Å². The fourth-order valence-corrected chi connectivity index (χ4v) is 3.93. The Kier molecular flexibility index (Phi) is 2.81. The second-order valence-electron chi connectivity index (χ2n) is 2.88. The van der Waals surface area contributed by atoms with Crippen LogP contribution in [0.5, 0.6) is 0 Å². The van der Waals surface area contributed by atoms with E-state index < -0.39 is 0 Å². The molecule has 2 aromatic rings. The molecule has 3 heteroatoms. The van der Waals surface area contributed by atoms with Gasteiger partial charge < -0.3 is 0 Å². The van der Waals surface area contributed by atoms with Gasteiger partial charge in [0.05, 0.1) is 5.02 Å². The van der Waals surface area contributed by atoms with Crippen LogP contribution < -0.4 is 0 Å². The maximum absolute atomic E-state index is 6.19. The number of hydrogen-bond donors (Lipinski definition) is 0. The zero-order valence-corrected chi connectivity index (χ0v) is 10.8. The molecule has 2 rings (SSSR count). The Morgan fingerprint density at radius 1 is 1.46 bits per heavy atom. The molecule has 0 fully saturated rings. The van der Waals surface area contributed by atoms with Crippen molar-refractivity contribution < 1.29 is 0 Å². The SMILES string of the molecule is CCc1csc2cc(I)cc(Cl)c12. The number of halogens is 2. The molecule has 0 amide bonds. The van der Waals surface area contributed by atoms with Gasteiger partial charge in [-0.2, -0.15) is 0 Å². The molecule has 0 spiro atoms. The molecule has 0 nitrogen and oxygen atoms in total. The molecule has 0 saturated heterocycles. The predicted octanol–water partition coefficient (Wildman–Crippen LogP) is 4.72. The summed E-state index contributed by atoms with van der Waals surface area (Å²) >= 11 is 10.3. The third-order valence-electron chi connectivity index (χ3n) is 2.05. The molecule has 0 N–H and O–H groups in total. The van der Waals surface area contributed by atoms with E-state index in [4.69, 9.17) is 11.6 Å². The van der Waals surface area contributed by atoms with Gasteiger partial charge in [0.25, 0.3) is 0 Å². The second kappa shape index (κ2) is 3.75. The largest absolute Gasteiger partial charge is 0.143 e. The second-order valence-corrected chi connectivity index (χ2v) is 5.44. The summed E-state index contributed by atoms with van der Waals surface area (Å²) in [5, 5.41) is 4.33. The number of rotatable bonds is 1. The minimum absolute atomic E-state index is 0.889. The van der Waals surface area contributed by atoms with Crippen LogP contribution in [0.4, 0.5) is 0 Å². The van der Waals surface area contributed by atoms with Crippen molar-refractivity contribution in [3.05, 3.63) is 31.7 Å². The third kappa shape index (κ3) is 1.72. The monoisotopic (exact) mass is 322 g/mol. The molecule has 0 aliphatic carbocycles. The van der Waals surface area contributed by atoms with Crippen LogP contribution in [-0.4, -0.2) is 0 Å². The van der Waals surface area contributed by atoms with E-state index in [1.165, 1.54) is 19.2 Å². The van der Waals surface area contributed by atoms with Gasteiger partial charge in [0.1, 0.15) is 0 Å². The molecule has 1 aromatic carbocycles. The molecule has 1 heterocycles. The maximum Gasteiger partial charge on any atom is 0.0506 e. The van der Waals surface area contributed by atoms with Crippen molar-refractivity contribution in [1.29, 1.82) is 0 Å². The summed E-state index contributed by atoms with van der Waals surface area (Å²) in [5.74, 6) is 0. The summed E-state index contributed by atoms with van der Waals surface area (Å²) in [5.41, 5.74) is 1.36. The molecule has 0 saturated carbocycles. The van der Waals surface area contributed by atoms with Crippen LogP contribution in [0, 0.1) is 3.57 Å². The first kappa shape index (κ1) is 9.74. The lowest BCUT2D eigenvalue weighted by Gasteiger charge is -1.98. The van der Waals surface area contributed by atoms with Gasteiger partial charge >= 0.3 is 0 Å². The van der Waals surface area contributed by atoms with E-state index in [9.17, 15) is 0 Å². The first-order valence-electron chi connectivity index (χ1n) is 4.07. The average Bonchev–Trinajstić information content (AvgIpc) is 2.47. The van der Waals surface area contributed by atoms with Crippen LogP contribution in [0.1, 0.15) is 12.5 Å². The Bertz CT molecular complexity index is 447. The summed E-state index contributed by atoms with van der Waals surface area (Å²) < 4.78 is 2.51. The number of fused-ring (bicyclic) bond motifs is 1. The van der Waals surface area contributed by atoms with Gasteiger partial charge in [0, 0.05) is 13.7 Å². The predicted molar refractivity (Wildman–Crippen MR) is 68.9 cm³/mol. The highest BCUT2D eigenvalue weighted by Gasteiger charge is 2.07. The molecule has 0 aliphatic heterocycles. The van der Waals surface area contributed by atoms with Crippen molar-refractivity contribution in [2.24, 2.45) is 0 Å². The first-order chi connectivity index (χ1) is 6.22. The normalized spacial score (nSPS) is 11.0. The van der Waals surface area contributed by atoms with Crippen LogP contribution in [-0.2, 0) is 6.42 Å². The van der Waals surface area contributed by atoms with Crippen molar-refractivity contribution in [1.82, 2.24) is 0 Å². The van der Waals surface area contributed by atoms with Gasteiger partial charge in [-0.3, -0.25) is 0 Å². The fourth-order valence-electron chi connectivity index (χ4n) is 1.41. The maximum atomic E-state index is 6.19. The summed E-state index contributed by atoms with van der Waals surface area (Å²) in [4.78, 5) is 0. The molecule has 0 aliphatic rings. The summed E-state index contributed by atoms with van der Waals surface area (Å²) in [7, 11) is 0. The highest BCUT2D eigenvalue weighted by molar-refractivity contribution is 14.1. The molecule has 13 heavy (non-hydrogen) atoms. The van der Waals surface area contributed by atoms with Crippen LogP contribution in [0.25, 0.3) is 10.1 Å². The van der Waals surface area contributed by atoms with E-state index in [1.54, 1.807) is 11.3 Å². The minimum atomic E-state index is 0.889. The van der Waals surface area contributed by atoms with Gasteiger partial charge in [-0.1, -0.05) is 18.5 Å². The highest BCUT2D eigenvalue weighted by Crippen LogP contribution is 2.33. The summed E-state index contributed by atoms with van der Waals surface area (Å²) in [6.07, 6.45) is 1.06. The van der Waals surface area contributed by atoms with Gasteiger partial charge in [-0.15, -0.1) is 11.3 Å². The van der Waals surface area contributed by atoms with Crippen LogP contribution >= 0.6 is 45.5 Å². The Hall–Kier alpha value is 0.200. The van der Waals surface area contributed by atoms with Crippen LogP contribution in [0.15, 0.2) is 17.5 Å². The minimum Gasteiger partial charge on any atom is -0.143 e. The van der Waals surface area contributed by atoms with Crippen LogP contribution in [0.3, 0.4) is 0 Å². The van der Waals surface area contributed by atoms with E-state index in [2.05, 4.69) is 41.0 Å². The molecular weight excluding hydrogens is 315 g/mol. The van der Waals surface area contributed by atoms with E-state index in [-0.39, 0.29) is 0 Å². The quantitative estimate of drug-likeness (QED) is 0.666. The topological polar surface area (TPSA) is 0 Å². The molecule has 0 unspecified atom stereocenters. The molecule has 1 aromatic heterocycles. The Morgan fingerprint density at radius 3 is 2.92 bits per heavy atom.